The number of sulfonamides is 1. The van der Waals surface area contributed by atoms with Crippen LogP contribution in [0.25, 0.3) is 0 Å². The molecule has 8 heteroatoms. The summed E-state index contributed by atoms with van der Waals surface area (Å²) in [6.45, 7) is 2.10. The van der Waals surface area contributed by atoms with E-state index in [-0.39, 0.29) is 10.8 Å². The number of carbonyl (C=O) groups excluding carboxylic acids is 1. The Hall–Kier alpha value is -3.39. The van der Waals surface area contributed by atoms with Crippen LogP contribution in [0, 0.1) is 0 Å². The van der Waals surface area contributed by atoms with Crippen molar-refractivity contribution in [1.82, 2.24) is 4.98 Å². The highest BCUT2D eigenvalue weighted by molar-refractivity contribution is 7.92. The van der Waals surface area contributed by atoms with E-state index >= 15 is 0 Å². The number of anilines is 3. The maximum atomic E-state index is 12.6. The molecule has 0 bridgehead atoms. The van der Waals surface area contributed by atoms with Crippen molar-refractivity contribution < 1.29 is 13.2 Å². The van der Waals surface area contributed by atoms with E-state index < -0.39 is 10.0 Å². The van der Waals surface area contributed by atoms with Crippen molar-refractivity contribution in [1.29, 1.82) is 0 Å². The number of nitrogens with zero attached hydrogens (tertiary/aromatic N) is 2. The Balaban J connectivity index is 1.39. The summed E-state index contributed by atoms with van der Waals surface area (Å²) >= 11 is 0. The highest BCUT2D eigenvalue weighted by atomic mass is 32.2. The van der Waals surface area contributed by atoms with Crippen LogP contribution >= 0.6 is 0 Å². The highest BCUT2D eigenvalue weighted by Gasteiger charge is 2.15. The molecule has 4 rings (SSSR count). The molecule has 1 aromatic heterocycles. The zero-order chi connectivity index (χ0) is 21.7. The number of hydrogen-bond acceptors (Lipinski definition) is 5. The van der Waals surface area contributed by atoms with Gasteiger partial charge in [0.05, 0.1) is 16.8 Å². The van der Waals surface area contributed by atoms with Crippen molar-refractivity contribution in [3.05, 3.63) is 78.6 Å². The molecule has 0 radical (unpaired) electrons. The quantitative estimate of drug-likeness (QED) is 0.606. The minimum absolute atomic E-state index is 0.0974. The lowest BCUT2D eigenvalue weighted by atomic mass is 10.1. The minimum Gasteiger partial charge on any atom is -0.372 e. The molecule has 0 aliphatic carbocycles. The maximum absolute atomic E-state index is 12.6. The van der Waals surface area contributed by atoms with Gasteiger partial charge in [-0.25, -0.2) is 8.42 Å². The Morgan fingerprint density at radius 2 is 1.58 bits per heavy atom. The van der Waals surface area contributed by atoms with Crippen molar-refractivity contribution in [3.63, 3.8) is 0 Å². The molecule has 0 unspecified atom stereocenters. The Morgan fingerprint density at radius 1 is 0.871 bits per heavy atom. The molecule has 1 amide bonds. The Labute approximate surface area is 182 Å². The van der Waals surface area contributed by atoms with Crippen LogP contribution in [0.3, 0.4) is 0 Å². The van der Waals surface area contributed by atoms with Gasteiger partial charge in [-0.3, -0.25) is 14.5 Å². The molecule has 1 saturated heterocycles. The van der Waals surface area contributed by atoms with Gasteiger partial charge in [-0.15, -0.1) is 0 Å². The van der Waals surface area contributed by atoms with E-state index in [0.717, 1.165) is 18.8 Å². The minimum atomic E-state index is -3.73. The van der Waals surface area contributed by atoms with Crippen molar-refractivity contribution in [2.45, 2.75) is 24.2 Å². The van der Waals surface area contributed by atoms with Crippen molar-refractivity contribution in [2.24, 2.45) is 0 Å². The summed E-state index contributed by atoms with van der Waals surface area (Å²) < 4.78 is 27.4. The molecule has 1 aliphatic heterocycles. The molecular formula is C23H24N4O3S. The SMILES string of the molecule is O=C(Nc1ccc(S(=O)(=O)Nc2cccnc2)cc1)c1ccc(N2CCCCC2)cc1. The fourth-order valence-electron chi connectivity index (χ4n) is 3.53. The van der Waals surface area contributed by atoms with Gasteiger partial charge >= 0.3 is 0 Å². The monoisotopic (exact) mass is 436 g/mol. The molecule has 1 aliphatic rings. The van der Waals surface area contributed by atoms with E-state index in [1.165, 1.54) is 37.6 Å². The van der Waals surface area contributed by atoms with E-state index in [0.29, 0.717) is 16.9 Å². The highest BCUT2D eigenvalue weighted by Crippen LogP contribution is 2.21. The Morgan fingerprint density at radius 3 is 2.23 bits per heavy atom. The van der Waals surface area contributed by atoms with Gasteiger partial charge in [-0.05, 0) is 79.9 Å². The summed E-state index contributed by atoms with van der Waals surface area (Å²) in [6.07, 6.45) is 6.67. The lowest BCUT2D eigenvalue weighted by molar-refractivity contribution is 0.102. The van der Waals surface area contributed by atoms with Crippen LogP contribution in [-0.4, -0.2) is 32.4 Å². The van der Waals surface area contributed by atoms with Gasteiger partial charge in [0.2, 0.25) is 0 Å². The predicted octanol–water partition coefficient (Wildman–Crippen LogP) is 4.13. The second kappa shape index (κ2) is 9.18. The molecule has 0 atom stereocenters. The molecule has 2 aromatic carbocycles. The van der Waals surface area contributed by atoms with Crippen LogP contribution < -0.4 is 14.9 Å². The molecular weight excluding hydrogens is 412 g/mol. The lowest BCUT2D eigenvalue weighted by Crippen LogP contribution is -2.29. The number of rotatable bonds is 6. The summed E-state index contributed by atoms with van der Waals surface area (Å²) in [6, 6.07) is 16.9. The van der Waals surface area contributed by atoms with Gasteiger partial charge in [0.25, 0.3) is 15.9 Å². The van der Waals surface area contributed by atoms with Gasteiger partial charge in [-0.1, -0.05) is 0 Å². The summed E-state index contributed by atoms with van der Waals surface area (Å²) in [5, 5.41) is 2.81. The van der Waals surface area contributed by atoms with E-state index in [1.54, 1.807) is 30.5 Å². The number of aromatic nitrogens is 1. The Kier molecular flexibility index (Phi) is 6.18. The average Bonchev–Trinajstić information content (AvgIpc) is 2.80. The third-order valence-electron chi connectivity index (χ3n) is 5.19. The van der Waals surface area contributed by atoms with Crippen LogP contribution in [0.5, 0.6) is 0 Å². The third kappa shape index (κ3) is 5.21. The zero-order valence-corrected chi connectivity index (χ0v) is 17.8. The number of piperidine rings is 1. The van der Waals surface area contributed by atoms with Gasteiger partial charge in [0, 0.05) is 36.2 Å². The molecule has 3 aromatic rings. The van der Waals surface area contributed by atoms with Crippen LogP contribution in [0.4, 0.5) is 17.1 Å². The van der Waals surface area contributed by atoms with Crippen LogP contribution in [-0.2, 0) is 10.0 Å². The van der Waals surface area contributed by atoms with Gasteiger partial charge < -0.3 is 10.2 Å². The van der Waals surface area contributed by atoms with E-state index in [4.69, 9.17) is 0 Å². The molecule has 0 saturated carbocycles. The summed E-state index contributed by atoms with van der Waals surface area (Å²) in [5.41, 5.74) is 2.58. The van der Waals surface area contributed by atoms with Crippen LogP contribution in [0.2, 0.25) is 0 Å². The van der Waals surface area contributed by atoms with E-state index in [1.807, 2.05) is 24.3 Å². The lowest BCUT2D eigenvalue weighted by Gasteiger charge is -2.28. The van der Waals surface area contributed by atoms with Crippen LogP contribution in [0.15, 0.2) is 78.0 Å². The number of nitrogens with one attached hydrogen (secondary N) is 2. The fourth-order valence-corrected chi connectivity index (χ4v) is 4.58. The number of carbonyl (C=O) groups is 1. The predicted molar refractivity (Wildman–Crippen MR) is 122 cm³/mol. The van der Waals surface area contributed by atoms with Gasteiger partial charge in [-0.2, -0.15) is 0 Å². The van der Waals surface area contributed by atoms with E-state index in [9.17, 15) is 13.2 Å². The first kappa shape index (κ1) is 20.9. The largest absolute Gasteiger partial charge is 0.372 e. The Bertz CT molecular complexity index is 1130. The summed E-state index contributed by atoms with van der Waals surface area (Å²) in [7, 11) is -3.73. The molecule has 2 heterocycles. The molecule has 160 valence electrons. The molecule has 2 N–H and O–H groups in total. The van der Waals surface area contributed by atoms with Crippen molar-refractivity contribution in [2.75, 3.05) is 28.0 Å². The molecule has 7 nitrogen and oxygen atoms in total. The number of pyridine rings is 1. The van der Waals surface area contributed by atoms with Crippen molar-refractivity contribution >= 4 is 33.0 Å². The third-order valence-corrected chi connectivity index (χ3v) is 6.58. The van der Waals surface area contributed by atoms with Crippen molar-refractivity contribution in [3.8, 4) is 0 Å². The number of benzene rings is 2. The normalized spacial score (nSPS) is 14.1. The summed E-state index contributed by atoms with van der Waals surface area (Å²) in [4.78, 5) is 18.9. The molecule has 31 heavy (non-hydrogen) atoms. The standard InChI is InChI=1S/C23H24N4O3S/c28-23(18-6-10-21(11-7-18)27-15-2-1-3-16-27)25-19-8-12-22(13-9-19)31(29,30)26-20-5-4-14-24-17-20/h4-14,17,26H,1-3,15-16H2,(H,25,28). The fraction of sp³-hybridized carbons (Fsp3) is 0.217. The zero-order valence-electron chi connectivity index (χ0n) is 17.0. The molecule has 0 spiro atoms. The van der Waals surface area contributed by atoms with E-state index in [2.05, 4.69) is 19.9 Å². The van der Waals surface area contributed by atoms with Crippen LogP contribution in [0.1, 0.15) is 29.6 Å². The average molecular weight is 437 g/mol. The van der Waals surface area contributed by atoms with Gasteiger partial charge in [0.1, 0.15) is 0 Å². The first-order chi connectivity index (χ1) is 15.0. The maximum Gasteiger partial charge on any atom is 0.261 e. The first-order valence-electron chi connectivity index (χ1n) is 10.2. The summed E-state index contributed by atoms with van der Waals surface area (Å²) in [5.74, 6) is -0.241. The van der Waals surface area contributed by atoms with Gasteiger partial charge in [0.15, 0.2) is 0 Å². The number of hydrogen-bond donors (Lipinski definition) is 2. The second-order valence-electron chi connectivity index (χ2n) is 7.42. The number of amides is 1. The second-order valence-corrected chi connectivity index (χ2v) is 9.10. The smallest absolute Gasteiger partial charge is 0.261 e. The first-order valence-corrected chi connectivity index (χ1v) is 11.7. The molecule has 1 fully saturated rings. The topological polar surface area (TPSA) is 91.4 Å².